The van der Waals surface area contributed by atoms with Gasteiger partial charge in [0.15, 0.2) is 5.16 Å². The van der Waals surface area contributed by atoms with Crippen LogP contribution in [0.2, 0.25) is 0 Å². The van der Waals surface area contributed by atoms with Crippen LogP contribution in [0, 0.1) is 0 Å². The summed E-state index contributed by atoms with van der Waals surface area (Å²) in [6.45, 7) is 0.985. The van der Waals surface area contributed by atoms with Gasteiger partial charge >= 0.3 is 5.97 Å². The van der Waals surface area contributed by atoms with Crippen LogP contribution in [0.5, 0.6) is 0 Å². The van der Waals surface area contributed by atoms with E-state index < -0.39 is 12.0 Å². The molecule has 0 bridgehead atoms. The molecule has 0 aliphatic carbocycles. The van der Waals surface area contributed by atoms with Crippen LogP contribution in [0.4, 0.5) is 0 Å². The highest BCUT2D eigenvalue weighted by Gasteiger charge is 2.17. The number of thioether (sulfide) groups is 1. The molecular weight excluding hydrogens is 264 g/mol. The molecule has 1 aliphatic heterocycles. The van der Waals surface area contributed by atoms with Crippen LogP contribution < -0.4 is 5.32 Å². The smallest absolute Gasteiger partial charge is 0.320 e. The summed E-state index contributed by atoms with van der Waals surface area (Å²) in [6, 6.07) is -0.487. The molecule has 1 atom stereocenters. The number of hydrogen-bond acceptors (Lipinski definition) is 5. The molecule has 106 valence electrons. The number of nitrogens with one attached hydrogen (secondary N) is 1. The highest BCUT2D eigenvalue weighted by atomic mass is 32.2. The second-order valence-electron chi connectivity index (χ2n) is 4.68. The van der Waals surface area contributed by atoms with Gasteiger partial charge in [0, 0.05) is 18.7 Å². The minimum atomic E-state index is -0.803. The van der Waals surface area contributed by atoms with Crippen molar-refractivity contribution < 1.29 is 9.90 Å². The van der Waals surface area contributed by atoms with Gasteiger partial charge in [-0.1, -0.05) is 18.2 Å². The number of carbonyl (C=O) groups is 1. The maximum absolute atomic E-state index is 10.9. The maximum Gasteiger partial charge on any atom is 0.320 e. The molecule has 2 heterocycles. The normalized spacial score (nSPS) is 16.7. The first-order valence-corrected chi connectivity index (χ1v) is 7.66. The first kappa shape index (κ1) is 14.3. The molecule has 2 rings (SSSR count). The molecular formula is C12H20N4O2S. The van der Waals surface area contributed by atoms with E-state index in [4.69, 9.17) is 5.11 Å². The summed E-state index contributed by atoms with van der Waals surface area (Å²) in [4.78, 5) is 10.9. The van der Waals surface area contributed by atoms with Crippen LogP contribution in [-0.2, 0) is 17.8 Å². The van der Waals surface area contributed by atoms with Gasteiger partial charge in [0.25, 0.3) is 0 Å². The monoisotopic (exact) mass is 284 g/mol. The summed E-state index contributed by atoms with van der Waals surface area (Å²) in [5.41, 5.74) is 0. The number of likely N-dealkylation sites (N-methyl/N-ethyl adjacent to an activating group) is 1. The van der Waals surface area contributed by atoms with E-state index >= 15 is 0 Å². The van der Waals surface area contributed by atoms with E-state index in [-0.39, 0.29) is 0 Å². The van der Waals surface area contributed by atoms with Crippen molar-refractivity contribution in [3.8, 4) is 0 Å². The lowest BCUT2D eigenvalue weighted by Crippen LogP contribution is -2.34. The molecule has 0 radical (unpaired) electrons. The second-order valence-corrected chi connectivity index (χ2v) is 5.74. The standard InChI is InChI=1S/C12H20N4O2S/c1-13-9(11(17)18)6-8-19-12-15-14-10-5-3-2-4-7-16(10)12/h9,13H,2-8H2,1H3,(H,17,18). The van der Waals surface area contributed by atoms with Gasteiger partial charge in [-0.3, -0.25) is 4.79 Å². The number of rotatable bonds is 6. The zero-order chi connectivity index (χ0) is 13.7. The van der Waals surface area contributed by atoms with Crippen molar-refractivity contribution in [2.75, 3.05) is 12.8 Å². The van der Waals surface area contributed by atoms with E-state index in [9.17, 15) is 4.79 Å². The molecule has 1 aromatic rings. The lowest BCUT2D eigenvalue weighted by Gasteiger charge is -2.10. The predicted molar refractivity (Wildman–Crippen MR) is 73.4 cm³/mol. The molecule has 2 N–H and O–H groups in total. The van der Waals surface area contributed by atoms with Gasteiger partial charge in [-0.15, -0.1) is 10.2 Å². The van der Waals surface area contributed by atoms with Gasteiger partial charge in [-0.05, 0) is 26.3 Å². The van der Waals surface area contributed by atoms with E-state index in [1.807, 2.05) is 0 Å². The van der Waals surface area contributed by atoms with Gasteiger partial charge in [0.05, 0.1) is 0 Å². The molecule has 0 aromatic carbocycles. The largest absolute Gasteiger partial charge is 0.480 e. The summed E-state index contributed by atoms with van der Waals surface area (Å²) in [6.07, 6.45) is 5.19. The minimum Gasteiger partial charge on any atom is -0.480 e. The molecule has 0 spiro atoms. The number of carboxylic acid groups (broad SMARTS) is 1. The summed E-state index contributed by atoms with van der Waals surface area (Å²) >= 11 is 1.60. The lowest BCUT2D eigenvalue weighted by atomic mass is 10.2. The Morgan fingerprint density at radius 3 is 3.05 bits per heavy atom. The van der Waals surface area contributed by atoms with Crippen LogP contribution in [-0.4, -0.2) is 44.7 Å². The number of aliphatic carboxylic acids is 1. The molecule has 0 amide bonds. The first-order valence-electron chi connectivity index (χ1n) is 6.67. The SMILES string of the molecule is CNC(CCSc1nnc2n1CCCCC2)C(=O)O. The number of aromatic nitrogens is 3. The van der Waals surface area contributed by atoms with Gasteiger partial charge in [0.2, 0.25) is 0 Å². The maximum atomic E-state index is 10.9. The number of hydrogen-bond donors (Lipinski definition) is 2. The molecule has 7 heteroatoms. The fourth-order valence-electron chi connectivity index (χ4n) is 2.22. The third kappa shape index (κ3) is 3.70. The van der Waals surface area contributed by atoms with Crippen molar-refractivity contribution in [3.63, 3.8) is 0 Å². The Hall–Kier alpha value is -1.08. The topological polar surface area (TPSA) is 80.0 Å². The average Bonchev–Trinajstić information content (AvgIpc) is 2.62. The quantitative estimate of drug-likeness (QED) is 0.763. The number of fused-ring (bicyclic) bond motifs is 1. The molecule has 1 aliphatic rings. The number of carboxylic acids is 1. The van der Waals surface area contributed by atoms with Crippen molar-refractivity contribution in [1.82, 2.24) is 20.1 Å². The second kappa shape index (κ2) is 6.91. The van der Waals surface area contributed by atoms with E-state index in [0.717, 1.165) is 29.7 Å². The van der Waals surface area contributed by atoms with Crippen LogP contribution in [0.15, 0.2) is 5.16 Å². The molecule has 0 saturated carbocycles. The Bertz CT molecular complexity index is 435. The summed E-state index contributed by atoms with van der Waals surface area (Å²) < 4.78 is 2.19. The third-order valence-corrected chi connectivity index (χ3v) is 4.36. The lowest BCUT2D eigenvalue weighted by molar-refractivity contribution is -0.139. The van der Waals surface area contributed by atoms with Crippen LogP contribution in [0.1, 0.15) is 31.5 Å². The van der Waals surface area contributed by atoms with E-state index in [1.165, 1.54) is 19.3 Å². The van der Waals surface area contributed by atoms with Gasteiger partial charge < -0.3 is 15.0 Å². The molecule has 0 fully saturated rings. The summed E-state index contributed by atoms with van der Waals surface area (Å²) in [7, 11) is 1.67. The Morgan fingerprint density at radius 2 is 2.32 bits per heavy atom. The van der Waals surface area contributed by atoms with Crippen molar-refractivity contribution in [2.24, 2.45) is 0 Å². The van der Waals surface area contributed by atoms with Gasteiger partial charge in [-0.25, -0.2) is 0 Å². The van der Waals surface area contributed by atoms with Crippen molar-refractivity contribution >= 4 is 17.7 Å². The van der Waals surface area contributed by atoms with Crippen molar-refractivity contribution in [3.05, 3.63) is 5.82 Å². The number of nitrogens with zero attached hydrogens (tertiary/aromatic N) is 3. The number of aryl methyl sites for hydroxylation is 1. The fraction of sp³-hybridized carbons (Fsp3) is 0.750. The summed E-state index contributed by atoms with van der Waals surface area (Å²) in [5, 5.41) is 21.1. The van der Waals surface area contributed by atoms with Gasteiger partial charge in [0.1, 0.15) is 11.9 Å². The van der Waals surface area contributed by atoms with Crippen LogP contribution >= 0.6 is 11.8 Å². The molecule has 6 nitrogen and oxygen atoms in total. The first-order chi connectivity index (χ1) is 9.22. The molecule has 19 heavy (non-hydrogen) atoms. The minimum absolute atomic E-state index is 0.487. The average molecular weight is 284 g/mol. The van der Waals surface area contributed by atoms with E-state index in [2.05, 4.69) is 20.1 Å². The summed E-state index contributed by atoms with van der Waals surface area (Å²) in [5.74, 6) is 1.00. The Balaban J connectivity index is 1.89. The van der Waals surface area contributed by atoms with E-state index in [1.54, 1.807) is 18.8 Å². The highest BCUT2D eigenvalue weighted by molar-refractivity contribution is 7.99. The Labute approximate surface area is 117 Å². The molecule has 1 aromatic heterocycles. The Kier molecular flexibility index (Phi) is 5.21. The predicted octanol–water partition coefficient (Wildman–Crippen LogP) is 1.16. The molecule has 0 saturated heterocycles. The van der Waals surface area contributed by atoms with E-state index in [0.29, 0.717) is 6.42 Å². The zero-order valence-corrected chi connectivity index (χ0v) is 11.9. The third-order valence-electron chi connectivity index (χ3n) is 3.36. The van der Waals surface area contributed by atoms with Crippen molar-refractivity contribution in [2.45, 2.75) is 49.8 Å². The fourth-order valence-corrected chi connectivity index (χ4v) is 3.21. The van der Waals surface area contributed by atoms with Crippen LogP contribution in [0.25, 0.3) is 0 Å². The molecule has 1 unspecified atom stereocenters. The zero-order valence-electron chi connectivity index (χ0n) is 11.1. The van der Waals surface area contributed by atoms with Crippen molar-refractivity contribution in [1.29, 1.82) is 0 Å². The van der Waals surface area contributed by atoms with Crippen LogP contribution in [0.3, 0.4) is 0 Å². The highest BCUT2D eigenvalue weighted by Crippen LogP contribution is 2.22. The Morgan fingerprint density at radius 1 is 1.47 bits per heavy atom. The van der Waals surface area contributed by atoms with Gasteiger partial charge in [-0.2, -0.15) is 0 Å².